The summed E-state index contributed by atoms with van der Waals surface area (Å²) in [7, 11) is 0. The van der Waals surface area contributed by atoms with Gasteiger partial charge in [0.15, 0.2) is 0 Å². The van der Waals surface area contributed by atoms with Crippen LogP contribution in [0.4, 0.5) is 0 Å². The number of nitrogens with one attached hydrogen (secondary N) is 1. The molecule has 0 unspecified atom stereocenters. The lowest BCUT2D eigenvalue weighted by atomic mass is 10.2. The fourth-order valence-corrected chi connectivity index (χ4v) is 0.974. The first kappa shape index (κ1) is 11.2. The van der Waals surface area contributed by atoms with Gasteiger partial charge in [0.1, 0.15) is 0 Å². The number of rotatable bonds is 6. The first-order valence-corrected chi connectivity index (χ1v) is 4.71. The second-order valence-corrected chi connectivity index (χ2v) is 2.85. The lowest BCUT2D eigenvalue weighted by Gasteiger charge is -2.00. The number of hydrogen-bond donors (Lipinski definition) is 1. The maximum Gasteiger partial charge on any atom is 0.243 e. The van der Waals surface area contributed by atoms with Crippen molar-refractivity contribution in [1.82, 2.24) is 5.32 Å². The summed E-state index contributed by atoms with van der Waals surface area (Å²) in [6.45, 7) is 4.83. The normalized spacial score (nSPS) is 10.5. The van der Waals surface area contributed by atoms with Crippen LogP contribution in [0.25, 0.3) is 0 Å². The van der Waals surface area contributed by atoms with Gasteiger partial charge in [-0.15, -0.1) is 0 Å². The van der Waals surface area contributed by atoms with Crippen molar-refractivity contribution in [2.45, 2.75) is 39.5 Å². The van der Waals surface area contributed by atoms with Gasteiger partial charge < -0.3 is 5.32 Å². The average molecular weight is 169 g/mol. The minimum atomic E-state index is 0.0222. The molecular formula is C10H19NO. The Bertz CT molecular complexity index is 141. The van der Waals surface area contributed by atoms with Crippen molar-refractivity contribution in [3.05, 3.63) is 12.2 Å². The van der Waals surface area contributed by atoms with Gasteiger partial charge in [-0.1, -0.05) is 32.3 Å². The van der Waals surface area contributed by atoms with E-state index in [1.54, 1.807) is 12.2 Å². The van der Waals surface area contributed by atoms with Gasteiger partial charge in [0, 0.05) is 6.54 Å². The van der Waals surface area contributed by atoms with Crippen molar-refractivity contribution in [3.8, 4) is 0 Å². The molecule has 0 saturated carbocycles. The number of amides is 1. The molecule has 0 fully saturated rings. The zero-order valence-electron chi connectivity index (χ0n) is 8.10. The molecule has 0 rings (SSSR count). The van der Waals surface area contributed by atoms with Gasteiger partial charge in [0.05, 0.1) is 0 Å². The monoisotopic (exact) mass is 169 g/mol. The van der Waals surface area contributed by atoms with Crippen LogP contribution >= 0.6 is 0 Å². The standard InChI is InChI=1S/C10H19NO/c1-3-5-6-7-9-11-10(12)8-4-2/h4,8H,3,5-7,9H2,1-2H3,(H,11,12). The van der Waals surface area contributed by atoms with Crippen LogP contribution in [-0.2, 0) is 4.79 Å². The van der Waals surface area contributed by atoms with Crippen LogP contribution in [0.3, 0.4) is 0 Å². The number of unbranched alkanes of at least 4 members (excludes halogenated alkanes) is 3. The highest BCUT2D eigenvalue weighted by Crippen LogP contribution is 1.96. The highest BCUT2D eigenvalue weighted by atomic mass is 16.1. The predicted molar refractivity (Wildman–Crippen MR) is 52.0 cm³/mol. The van der Waals surface area contributed by atoms with Crippen LogP contribution in [0.2, 0.25) is 0 Å². The minimum absolute atomic E-state index is 0.0222. The van der Waals surface area contributed by atoms with Gasteiger partial charge in [-0.25, -0.2) is 0 Å². The van der Waals surface area contributed by atoms with Crippen molar-refractivity contribution in [1.29, 1.82) is 0 Å². The molecule has 0 atom stereocenters. The van der Waals surface area contributed by atoms with E-state index in [9.17, 15) is 4.79 Å². The first-order chi connectivity index (χ1) is 5.81. The van der Waals surface area contributed by atoms with Crippen LogP contribution in [0.1, 0.15) is 39.5 Å². The molecular weight excluding hydrogens is 150 g/mol. The Balaban J connectivity index is 3.14. The molecule has 0 aliphatic heterocycles. The van der Waals surface area contributed by atoms with Gasteiger partial charge in [-0.2, -0.15) is 0 Å². The molecule has 2 heteroatoms. The molecule has 12 heavy (non-hydrogen) atoms. The van der Waals surface area contributed by atoms with E-state index in [2.05, 4.69) is 12.2 Å². The van der Waals surface area contributed by atoms with Gasteiger partial charge in [0.25, 0.3) is 0 Å². The number of hydrogen-bond acceptors (Lipinski definition) is 1. The van der Waals surface area contributed by atoms with Crippen molar-refractivity contribution >= 4 is 5.91 Å². The Morgan fingerprint density at radius 1 is 1.33 bits per heavy atom. The highest BCUT2D eigenvalue weighted by molar-refractivity contribution is 5.87. The molecule has 0 aromatic heterocycles. The van der Waals surface area contributed by atoms with E-state index in [1.807, 2.05) is 6.92 Å². The van der Waals surface area contributed by atoms with E-state index in [0.717, 1.165) is 13.0 Å². The molecule has 0 heterocycles. The van der Waals surface area contributed by atoms with Crippen LogP contribution in [0, 0.1) is 0 Å². The summed E-state index contributed by atoms with van der Waals surface area (Å²) in [5, 5.41) is 2.82. The third-order valence-electron chi connectivity index (χ3n) is 1.65. The lowest BCUT2D eigenvalue weighted by Crippen LogP contribution is -2.21. The zero-order chi connectivity index (χ0) is 9.23. The van der Waals surface area contributed by atoms with Crippen molar-refractivity contribution in [3.63, 3.8) is 0 Å². The average Bonchev–Trinajstić information content (AvgIpc) is 2.05. The summed E-state index contributed by atoms with van der Waals surface area (Å²) in [6, 6.07) is 0. The molecule has 0 aromatic carbocycles. The highest BCUT2D eigenvalue weighted by Gasteiger charge is 1.92. The quantitative estimate of drug-likeness (QED) is 0.479. The van der Waals surface area contributed by atoms with Crippen LogP contribution in [0.5, 0.6) is 0 Å². The van der Waals surface area contributed by atoms with Crippen LogP contribution in [-0.4, -0.2) is 12.5 Å². The number of carbonyl (C=O) groups excluding carboxylic acids is 1. The fourth-order valence-electron chi connectivity index (χ4n) is 0.974. The molecule has 0 aliphatic carbocycles. The van der Waals surface area contributed by atoms with E-state index in [1.165, 1.54) is 19.3 Å². The third-order valence-corrected chi connectivity index (χ3v) is 1.65. The maximum absolute atomic E-state index is 10.9. The summed E-state index contributed by atoms with van der Waals surface area (Å²) < 4.78 is 0. The second kappa shape index (κ2) is 8.31. The van der Waals surface area contributed by atoms with Gasteiger partial charge in [-0.05, 0) is 19.4 Å². The summed E-state index contributed by atoms with van der Waals surface area (Å²) >= 11 is 0. The van der Waals surface area contributed by atoms with Crippen molar-refractivity contribution < 1.29 is 4.79 Å². The van der Waals surface area contributed by atoms with Crippen molar-refractivity contribution in [2.75, 3.05) is 6.54 Å². The first-order valence-electron chi connectivity index (χ1n) is 4.71. The molecule has 0 bridgehead atoms. The smallest absolute Gasteiger partial charge is 0.243 e. The number of carbonyl (C=O) groups is 1. The molecule has 1 amide bonds. The van der Waals surface area contributed by atoms with Gasteiger partial charge in [-0.3, -0.25) is 4.79 Å². The molecule has 0 radical (unpaired) electrons. The van der Waals surface area contributed by atoms with E-state index in [-0.39, 0.29) is 5.91 Å². The molecule has 2 nitrogen and oxygen atoms in total. The van der Waals surface area contributed by atoms with Crippen LogP contribution < -0.4 is 5.32 Å². The summed E-state index contributed by atoms with van der Waals surface area (Å²) in [5.41, 5.74) is 0. The third kappa shape index (κ3) is 7.32. The zero-order valence-corrected chi connectivity index (χ0v) is 8.10. The fraction of sp³-hybridized carbons (Fsp3) is 0.700. The summed E-state index contributed by atoms with van der Waals surface area (Å²) in [6.07, 6.45) is 8.12. The lowest BCUT2D eigenvalue weighted by molar-refractivity contribution is -0.116. The SMILES string of the molecule is CC=CC(=O)NCCCCCC. The second-order valence-electron chi connectivity index (χ2n) is 2.85. The topological polar surface area (TPSA) is 29.1 Å². The minimum Gasteiger partial charge on any atom is -0.353 e. The van der Waals surface area contributed by atoms with Crippen molar-refractivity contribution in [2.24, 2.45) is 0 Å². The molecule has 70 valence electrons. The Labute approximate surface area is 75.0 Å². The van der Waals surface area contributed by atoms with Gasteiger partial charge in [0.2, 0.25) is 5.91 Å². The van der Waals surface area contributed by atoms with E-state index in [0.29, 0.717) is 0 Å². The van der Waals surface area contributed by atoms with E-state index < -0.39 is 0 Å². The molecule has 0 saturated heterocycles. The summed E-state index contributed by atoms with van der Waals surface area (Å²) in [4.78, 5) is 10.9. The Morgan fingerprint density at radius 3 is 2.67 bits per heavy atom. The number of allylic oxidation sites excluding steroid dienone is 1. The van der Waals surface area contributed by atoms with Gasteiger partial charge >= 0.3 is 0 Å². The molecule has 0 aromatic rings. The maximum atomic E-state index is 10.9. The molecule has 0 spiro atoms. The Kier molecular flexibility index (Phi) is 7.76. The predicted octanol–water partition coefficient (Wildman–Crippen LogP) is 2.26. The van der Waals surface area contributed by atoms with Crippen LogP contribution in [0.15, 0.2) is 12.2 Å². The largest absolute Gasteiger partial charge is 0.353 e. The Hall–Kier alpha value is -0.790. The summed E-state index contributed by atoms with van der Waals surface area (Å²) in [5.74, 6) is 0.0222. The molecule has 0 aliphatic rings. The van der Waals surface area contributed by atoms with E-state index >= 15 is 0 Å². The molecule has 1 N–H and O–H groups in total. The van der Waals surface area contributed by atoms with E-state index in [4.69, 9.17) is 0 Å². The Morgan fingerprint density at radius 2 is 2.08 bits per heavy atom.